The SMILES string of the molecule is C[Si](C)(C)C#CC(=C(C#C[Si](C)(C)C)c1ccccc1)c1ccccc1. The molecule has 0 aromatic heterocycles. The van der Waals surface area contributed by atoms with Crippen LogP contribution < -0.4 is 0 Å². The number of benzene rings is 2. The molecule has 0 unspecified atom stereocenters. The van der Waals surface area contributed by atoms with E-state index in [0.29, 0.717) is 0 Å². The molecule has 0 fully saturated rings. The molecule has 0 bridgehead atoms. The van der Waals surface area contributed by atoms with E-state index in [1.807, 2.05) is 12.1 Å². The van der Waals surface area contributed by atoms with E-state index in [9.17, 15) is 0 Å². The van der Waals surface area contributed by atoms with Crippen LogP contribution in [0.5, 0.6) is 0 Å². The summed E-state index contributed by atoms with van der Waals surface area (Å²) in [6.07, 6.45) is 0. The highest BCUT2D eigenvalue weighted by atomic mass is 28.3. The van der Waals surface area contributed by atoms with E-state index in [1.165, 1.54) is 0 Å². The Hall–Kier alpha value is -2.27. The van der Waals surface area contributed by atoms with Crippen LogP contribution in [0.3, 0.4) is 0 Å². The first-order valence-corrected chi connectivity index (χ1v) is 16.1. The molecule has 0 heterocycles. The van der Waals surface area contributed by atoms with E-state index in [2.05, 4.69) is 111 Å². The van der Waals surface area contributed by atoms with Gasteiger partial charge in [0, 0.05) is 11.1 Å². The van der Waals surface area contributed by atoms with Gasteiger partial charge in [-0.1, -0.05) is 112 Å². The van der Waals surface area contributed by atoms with Crippen molar-refractivity contribution in [2.45, 2.75) is 39.3 Å². The first kappa shape index (κ1) is 20.1. The Morgan fingerprint density at radius 3 is 1.12 bits per heavy atom. The fourth-order valence-electron chi connectivity index (χ4n) is 2.27. The van der Waals surface area contributed by atoms with Gasteiger partial charge in [-0.05, 0) is 11.1 Å². The zero-order valence-corrected chi connectivity index (χ0v) is 18.8. The summed E-state index contributed by atoms with van der Waals surface area (Å²) in [5.41, 5.74) is 11.5. The minimum Gasteiger partial charge on any atom is -0.127 e. The first-order chi connectivity index (χ1) is 12.2. The van der Waals surface area contributed by atoms with E-state index >= 15 is 0 Å². The van der Waals surface area contributed by atoms with Gasteiger partial charge in [-0.15, -0.1) is 11.1 Å². The minimum absolute atomic E-state index is 1.05. The number of hydrogen-bond acceptors (Lipinski definition) is 0. The highest BCUT2D eigenvalue weighted by Gasteiger charge is 2.13. The summed E-state index contributed by atoms with van der Waals surface area (Å²) in [6, 6.07) is 20.9. The number of rotatable bonds is 2. The fourth-order valence-corrected chi connectivity index (χ4v) is 3.27. The van der Waals surface area contributed by atoms with Crippen LogP contribution in [0.1, 0.15) is 11.1 Å². The van der Waals surface area contributed by atoms with Gasteiger partial charge in [0.1, 0.15) is 16.1 Å². The van der Waals surface area contributed by atoms with Crippen molar-refractivity contribution >= 4 is 27.3 Å². The van der Waals surface area contributed by atoms with Crippen molar-refractivity contribution in [1.82, 2.24) is 0 Å². The quantitative estimate of drug-likeness (QED) is 0.327. The summed E-state index contributed by atoms with van der Waals surface area (Å²) in [7, 11) is -2.99. The lowest BCUT2D eigenvalue weighted by Gasteiger charge is -2.11. The van der Waals surface area contributed by atoms with Crippen LogP contribution in [-0.2, 0) is 0 Å². The van der Waals surface area contributed by atoms with Gasteiger partial charge in [0.15, 0.2) is 0 Å². The van der Waals surface area contributed by atoms with E-state index in [4.69, 9.17) is 0 Å². The normalized spacial score (nSPS) is 12.2. The van der Waals surface area contributed by atoms with Gasteiger partial charge < -0.3 is 0 Å². The highest BCUT2D eigenvalue weighted by molar-refractivity contribution is 6.84. The molecule has 0 aliphatic heterocycles. The van der Waals surface area contributed by atoms with Crippen molar-refractivity contribution in [3.63, 3.8) is 0 Å². The molecule has 0 aliphatic carbocycles. The minimum atomic E-state index is -1.49. The van der Waals surface area contributed by atoms with Crippen LogP contribution in [0.25, 0.3) is 11.1 Å². The van der Waals surface area contributed by atoms with E-state index < -0.39 is 16.1 Å². The third-order valence-electron chi connectivity index (χ3n) is 3.50. The lowest BCUT2D eigenvalue weighted by Crippen LogP contribution is -2.17. The summed E-state index contributed by atoms with van der Waals surface area (Å²) < 4.78 is 0. The second-order valence-electron chi connectivity index (χ2n) is 8.48. The van der Waals surface area contributed by atoms with Gasteiger partial charge in [0.2, 0.25) is 0 Å². The molecular weight excluding hydrogens is 344 g/mol. The molecule has 2 aromatic rings. The third kappa shape index (κ3) is 6.56. The summed E-state index contributed by atoms with van der Waals surface area (Å²) >= 11 is 0. The van der Waals surface area contributed by atoms with Crippen LogP contribution in [0, 0.1) is 22.9 Å². The fraction of sp³-hybridized carbons (Fsp3) is 0.250. The highest BCUT2D eigenvalue weighted by Crippen LogP contribution is 2.26. The lowest BCUT2D eigenvalue weighted by atomic mass is 9.95. The zero-order chi connectivity index (χ0) is 19.2. The Morgan fingerprint density at radius 2 is 0.846 bits per heavy atom. The van der Waals surface area contributed by atoms with Crippen molar-refractivity contribution in [2.75, 3.05) is 0 Å². The molecule has 0 amide bonds. The molecule has 0 nitrogen and oxygen atoms in total. The average molecular weight is 373 g/mol. The van der Waals surface area contributed by atoms with E-state index in [0.717, 1.165) is 22.3 Å². The van der Waals surface area contributed by atoms with E-state index in [-0.39, 0.29) is 0 Å². The van der Waals surface area contributed by atoms with Gasteiger partial charge in [-0.2, -0.15) is 0 Å². The second-order valence-corrected chi connectivity index (χ2v) is 18.0. The molecule has 2 rings (SSSR count). The predicted molar refractivity (Wildman–Crippen MR) is 122 cm³/mol. The monoisotopic (exact) mass is 372 g/mol. The zero-order valence-electron chi connectivity index (χ0n) is 16.8. The molecule has 2 aromatic carbocycles. The van der Waals surface area contributed by atoms with E-state index in [1.54, 1.807) is 0 Å². The molecule has 26 heavy (non-hydrogen) atoms. The van der Waals surface area contributed by atoms with Gasteiger partial charge in [-0.25, -0.2) is 0 Å². The molecule has 0 atom stereocenters. The van der Waals surface area contributed by atoms with Crippen LogP contribution >= 0.6 is 0 Å². The molecular formula is C24H28Si2. The van der Waals surface area contributed by atoms with Gasteiger partial charge in [0.25, 0.3) is 0 Å². The van der Waals surface area contributed by atoms with Crippen LogP contribution in [0.15, 0.2) is 60.7 Å². The Labute approximate surface area is 161 Å². The Bertz CT molecular complexity index is 808. The Kier molecular flexibility index (Phi) is 6.49. The molecule has 132 valence electrons. The Balaban J connectivity index is 2.80. The van der Waals surface area contributed by atoms with Crippen LogP contribution in [0.4, 0.5) is 0 Å². The second kappa shape index (κ2) is 8.41. The maximum Gasteiger partial charge on any atom is 0.129 e. The number of allylic oxidation sites excluding steroid dienone is 2. The maximum atomic E-state index is 3.54. The van der Waals surface area contributed by atoms with Gasteiger partial charge in [0.05, 0.1) is 0 Å². The van der Waals surface area contributed by atoms with Crippen molar-refractivity contribution in [3.8, 4) is 22.9 Å². The predicted octanol–water partition coefficient (Wildman–Crippen LogP) is 6.36. The molecule has 0 radical (unpaired) electrons. The van der Waals surface area contributed by atoms with Crippen molar-refractivity contribution < 1.29 is 0 Å². The van der Waals surface area contributed by atoms with Gasteiger partial charge in [-0.3, -0.25) is 0 Å². The van der Waals surface area contributed by atoms with Crippen LogP contribution in [-0.4, -0.2) is 16.1 Å². The lowest BCUT2D eigenvalue weighted by molar-refractivity contribution is 1.60. The van der Waals surface area contributed by atoms with Crippen LogP contribution in [0.2, 0.25) is 39.3 Å². The largest absolute Gasteiger partial charge is 0.129 e. The first-order valence-electron chi connectivity index (χ1n) is 9.07. The molecule has 0 aliphatic rings. The maximum absolute atomic E-state index is 3.54. The van der Waals surface area contributed by atoms with Gasteiger partial charge >= 0.3 is 0 Å². The average Bonchev–Trinajstić information content (AvgIpc) is 2.57. The molecule has 0 saturated carbocycles. The molecule has 0 N–H and O–H groups in total. The standard InChI is InChI=1S/C24H28Si2/c1-25(2,3)19-17-23(21-13-9-7-10-14-21)24(18-20-26(4,5)6)22-15-11-8-12-16-22/h7-16H,1-6H3. The molecule has 0 spiro atoms. The third-order valence-corrected chi connectivity index (χ3v) is 5.25. The summed E-state index contributed by atoms with van der Waals surface area (Å²) in [4.78, 5) is 0. The smallest absolute Gasteiger partial charge is 0.127 e. The number of hydrogen-bond donors (Lipinski definition) is 0. The Morgan fingerprint density at radius 1 is 0.538 bits per heavy atom. The summed E-state index contributed by atoms with van der Waals surface area (Å²) in [5.74, 6) is 7.03. The van der Waals surface area contributed by atoms with Crippen molar-refractivity contribution in [2.24, 2.45) is 0 Å². The summed E-state index contributed by atoms with van der Waals surface area (Å²) in [5, 5.41) is 0. The molecule has 2 heteroatoms. The molecule has 0 saturated heterocycles. The topological polar surface area (TPSA) is 0 Å². The van der Waals surface area contributed by atoms with Crippen molar-refractivity contribution in [1.29, 1.82) is 0 Å². The summed E-state index contributed by atoms with van der Waals surface area (Å²) in [6.45, 7) is 13.7. The van der Waals surface area contributed by atoms with Crippen molar-refractivity contribution in [3.05, 3.63) is 71.8 Å².